The Morgan fingerprint density at radius 2 is 2.00 bits per heavy atom. The van der Waals surface area contributed by atoms with E-state index in [1.807, 2.05) is 43.3 Å². The molecule has 4 rings (SSSR count). The smallest absolute Gasteiger partial charge is 0.276 e. The van der Waals surface area contributed by atoms with Crippen LogP contribution in [-0.4, -0.2) is 49.6 Å². The summed E-state index contributed by atoms with van der Waals surface area (Å²) in [6.45, 7) is 2.39. The first-order valence-electron chi connectivity index (χ1n) is 10.2. The van der Waals surface area contributed by atoms with Crippen molar-refractivity contribution in [2.24, 2.45) is 0 Å². The minimum absolute atomic E-state index is 0.172. The number of carbonyl (C=O) groups excluding carboxylic acids is 1. The van der Waals surface area contributed by atoms with E-state index >= 15 is 0 Å². The van der Waals surface area contributed by atoms with Crippen LogP contribution in [-0.2, 0) is 6.42 Å². The molecule has 4 aromatic rings. The summed E-state index contributed by atoms with van der Waals surface area (Å²) in [5, 5.41) is 15.5. The van der Waals surface area contributed by atoms with Gasteiger partial charge in [-0.3, -0.25) is 9.89 Å². The lowest BCUT2D eigenvalue weighted by molar-refractivity contribution is 0.0787. The maximum absolute atomic E-state index is 13.4. The summed E-state index contributed by atoms with van der Waals surface area (Å²) in [6.07, 6.45) is 1.45. The second-order valence-corrected chi connectivity index (χ2v) is 8.45. The van der Waals surface area contributed by atoms with Crippen molar-refractivity contribution in [2.75, 3.05) is 13.6 Å². The van der Waals surface area contributed by atoms with E-state index in [1.165, 1.54) is 12.1 Å². The summed E-state index contributed by atoms with van der Waals surface area (Å²) in [5.74, 6) is -0.465. The number of nitrogens with zero attached hydrogens (tertiary/aromatic N) is 5. The van der Waals surface area contributed by atoms with Gasteiger partial charge in [-0.05, 0) is 56.2 Å². The second-order valence-electron chi connectivity index (χ2n) is 7.53. The molecule has 2 aromatic carbocycles. The SMILES string of the molecule is Cc1c(C(=O)N(C)CCCc2cc(-c3cccc(F)c3)n[nH]2)nnn1-c1cccc(Br)c1. The van der Waals surface area contributed by atoms with Crippen LogP contribution in [0.3, 0.4) is 0 Å². The van der Waals surface area contributed by atoms with E-state index in [4.69, 9.17) is 0 Å². The molecule has 0 spiro atoms. The predicted octanol–water partition coefficient (Wildman–Crippen LogP) is 4.57. The zero-order valence-electron chi connectivity index (χ0n) is 17.7. The Morgan fingerprint density at radius 3 is 2.78 bits per heavy atom. The molecule has 0 aliphatic rings. The zero-order chi connectivity index (χ0) is 22.7. The van der Waals surface area contributed by atoms with Gasteiger partial charge in [-0.15, -0.1) is 5.10 Å². The lowest BCUT2D eigenvalue weighted by Gasteiger charge is -2.15. The normalized spacial score (nSPS) is 11.0. The summed E-state index contributed by atoms with van der Waals surface area (Å²) in [7, 11) is 1.75. The highest BCUT2D eigenvalue weighted by atomic mass is 79.9. The van der Waals surface area contributed by atoms with Gasteiger partial charge in [0.05, 0.1) is 17.1 Å². The Hall–Kier alpha value is -3.33. The van der Waals surface area contributed by atoms with Gasteiger partial charge in [0.1, 0.15) is 5.82 Å². The first kappa shape index (κ1) is 21.9. The first-order valence-corrected chi connectivity index (χ1v) is 11.0. The van der Waals surface area contributed by atoms with Gasteiger partial charge < -0.3 is 4.90 Å². The van der Waals surface area contributed by atoms with Crippen molar-refractivity contribution in [2.45, 2.75) is 19.8 Å². The molecular formula is C23H22BrFN6O. The minimum atomic E-state index is -0.292. The molecule has 2 aromatic heterocycles. The molecule has 9 heteroatoms. The summed E-state index contributed by atoms with van der Waals surface area (Å²) in [5.41, 5.74) is 4.21. The molecule has 32 heavy (non-hydrogen) atoms. The van der Waals surface area contributed by atoms with Crippen LogP contribution in [0.1, 0.15) is 28.3 Å². The van der Waals surface area contributed by atoms with Crippen molar-refractivity contribution >= 4 is 21.8 Å². The molecule has 0 atom stereocenters. The Morgan fingerprint density at radius 1 is 1.19 bits per heavy atom. The fourth-order valence-corrected chi connectivity index (χ4v) is 3.84. The zero-order valence-corrected chi connectivity index (χ0v) is 19.3. The third-order valence-corrected chi connectivity index (χ3v) is 5.68. The molecule has 0 unspecified atom stereocenters. The van der Waals surface area contributed by atoms with Crippen molar-refractivity contribution < 1.29 is 9.18 Å². The summed E-state index contributed by atoms with van der Waals surface area (Å²) in [4.78, 5) is 14.5. The molecule has 0 aliphatic heterocycles. The van der Waals surface area contributed by atoms with Gasteiger partial charge in [0.2, 0.25) is 0 Å². The van der Waals surface area contributed by atoms with Crippen LogP contribution < -0.4 is 0 Å². The lowest BCUT2D eigenvalue weighted by Crippen LogP contribution is -2.29. The molecule has 7 nitrogen and oxygen atoms in total. The average molecular weight is 497 g/mol. The van der Waals surface area contributed by atoms with Gasteiger partial charge in [0.15, 0.2) is 5.69 Å². The maximum atomic E-state index is 13.4. The lowest BCUT2D eigenvalue weighted by atomic mass is 10.1. The quantitative estimate of drug-likeness (QED) is 0.406. The van der Waals surface area contributed by atoms with E-state index in [-0.39, 0.29) is 11.7 Å². The second kappa shape index (κ2) is 9.44. The molecule has 0 fully saturated rings. The molecular weight excluding hydrogens is 475 g/mol. The molecule has 0 saturated carbocycles. The molecule has 164 valence electrons. The minimum Gasteiger partial charge on any atom is -0.340 e. The molecule has 0 saturated heterocycles. The van der Waals surface area contributed by atoms with Crippen LogP contribution in [0, 0.1) is 12.7 Å². The van der Waals surface area contributed by atoms with Crippen molar-refractivity contribution in [3.8, 4) is 16.9 Å². The standard InChI is InChI=1S/C23H22BrFN6O/c1-15-22(28-29-31(15)20-10-4-7-17(24)13-20)23(32)30(2)11-5-9-19-14-21(27-26-19)16-6-3-8-18(25)12-16/h3-4,6-8,10,12-14H,5,9,11H2,1-2H3,(H,26,27). The predicted molar refractivity (Wildman–Crippen MR) is 123 cm³/mol. The van der Waals surface area contributed by atoms with Gasteiger partial charge in [0, 0.05) is 29.3 Å². The summed E-state index contributed by atoms with van der Waals surface area (Å²) in [6, 6.07) is 15.9. The van der Waals surface area contributed by atoms with Gasteiger partial charge in [-0.25, -0.2) is 9.07 Å². The van der Waals surface area contributed by atoms with Gasteiger partial charge in [-0.2, -0.15) is 5.10 Å². The number of hydrogen-bond donors (Lipinski definition) is 1. The summed E-state index contributed by atoms with van der Waals surface area (Å²) >= 11 is 3.45. The number of amides is 1. The average Bonchev–Trinajstić information content (AvgIpc) is 3.40. The number of nitrogens with one attached hydrogen (secondary N) is 1. The van der Waals surface area contributed by atoms with Crippen molar-refractivity contribution in [3.05, 3.63) is 82.0 Å². The monoisotopic (exact) mass is 496 g/mol. The Bertz CT molecular complexity index is 1250. The Labute approximate surface area is 193 Å². The number of hydrogen-bond acceptors (Lipinski definition) is 4. The third-order valence-electron chi connectivity index (χ3n) is 5.19. The molecule has 0 radical (unpaired) electrons. The number of aryl methyl sites for hydroxylation is 1. The van der Waals surface area contributed by atoms with E-state index in [2.05, 4.69) is 36.4 Å². The number of benzene rings is 2. The highest BCUT2D eigenvalue weighted by Crippen LogP contribution is 2.20. The van der Waals surface area contributed by atoms with E-state index in [0.717, 1.165) is 27.8 Å². The van der Waals surface area contributed by atoms with E-state index < -0.39 is 0 Å². The largest absolute Gasteiger partial charge is 0.340 e. The van der Waals surface area contributed by atoms with Crippen molar-refractivity contribution in [3.63, 3.8) is 0 Å². The number of aromatic amines is 1. The Balaban J connectivity index is 1.36. The molecule has 0 bridgehead atoms. The molecule has 0 aliphatic carbocycles. The number of aromatic nitrogens is 5. The fourth-order valence-electron chi connectivity index (χ4n) is 3.45. The highest BCUT2D eigenvalue weighted by Gasteiger charge is 2.20. The molecule has 1 amide bonds. The third kappa shape index (κ3) is 4.77. The number of halogens is 2. The Kier molecular flexibility index (Phi) is 6.45. The summed E-state index contributed by atoms with van der Waals surface area (Å²) < 4.78 is 16.0. The highest BCUT2D eigenvalue weighted by molar-refractivity contribution is 9.10. The first-order chi connectivity index (χ1) is 15.4. The van der Waals surface area contributed by atoms with Gasteiger partial charge in [-0.1, -0.05) is 39.3 Å². The number of H-pyrrole nitrogens is 1. The van der Waals surface area contributed by atoms with E-state index in [1.54, 1.807) is 22.7 Å². The topological polar surface area (TPSA) is 79.7 Å². The molecule has 2 heterocycles. The van der Waals surface area contributed by atoms with Crippen LogP contribution in [0.5, 0.6) is 0 Å². The van der Waals surface area contributed by atoms with Gasteiger partial charge >= 0.3 is 0 Å². The van der Waals surface area contributed by atoms with E-state index in [9.17, 15) is 9.18 Å². The van der Waals surface area contributed by atoms with Crippen LogP contribution in [0.4, 0.5) is 4.39 Å². The van der Waals surface area contributed by atoms with Crippen LogP contribution in [0.15, 0.2) is 59.1 Å². The van der Waals surface area contributed by atoms with Crippen molar-refractivity contribution in [1.29, 1.82) is 0 Å². The van der Waals surface area contributed by atoms with Crippen LogP contribution in [0.2, 0.25) is 0 Å². The number of rotatable bonds is 7. The number of carbonyl (C=O) groups is 1. The van der Waals surface area contributed by atoms with Crippen LogP contribution >= 0.6 is 15.9 Å². The van der Waals surface area contributed by atoms with E-state index in [0.29, 0.717) is 30.0 Å². The fraction of sp³-hybridized carbons (Fsp3) is 0.217. The van der Waals surface area contributed by atoms with Gasteiger partial charge in [0.25, 0.3) is 5.91 Å². The molecule has 1 N–H and O–H groups in total. The van der Waals surface area contributed by atoms with Crippen LogP contribution in [0.25, 0.3) is 16.9 Å². The van der Waals surface area contributed by atoms with Crippen molar-refractivity contribution in [1.82, 2.24) is 30.1 Å². The maximum Gasteiger partial charge on any atom is 0.276 e.